The number of hydrogen-bond acceptors (Lipinski definition) is 4. The number of nitrogens with one attached hydrogen (secondary N) is 1. The quantitative estimate of drug-likeness (QED) is 0.128. The smallest absolute Gasteiger partial charge is 0.222 e. The number of ether oxygens (including phenoxy) is 1. The van der Waals surface area contributed by atoms with Crippen molar-refractivity contribution in [2.75, 3.05) is 26.2 Å². The van der Waals surface area contributed by atoms with Gasteiger partial charge in [-0.25, -0.2) is 4.39 Å². The van der Waals surface area contributed by atoms with Crippen LogP contribution in [0.25, 0.3) is 0 Å². The van der Waals surface area contributed by atoms with Crippen molar-refractivity contribution in [1.29, 1.82) is 0 Å². The summed E-state index contributed by atoms with van der Waals surface area (Å²) >= 11 is 0. The summed E-state index contributed by atoms with van der Waals surface area (Å²) in [6.07, 6.45) is 15.3. The molecule has 2 aromatic carbocycles. The van der Waals surface area contributed by atoms with Crippen LogP contribution >= 0.6 is 0 Å². The molecule has 1 fully saturated rings. The Labute approximate surface area is 257 Å². The fourth-order valence-electron chi connectivity index (χ4n) is 5.70. The summed E-state index contributed by atoms with van der Waals surface area (Å²) in [5, 5.41) is 3.73. The zero-order valence-corrected chi connectivity index (χ0v) is 26.1. The third-order valence-corrected chi connectivity index (χ3v) is 8.27. The average molecular weight is 592 g/mol. The summed E-state index contributed by atoms with van der Waals surface area (Å²) in [6, 6.07) is 13.3. The minimum atomic E-state index is -0.377. The topological polar surface area (TPSA) is 84.7 Å². The molecule has 1 aliphatic rings. The first-order chi connectivity index (χ1) is 20.8. The number of hydrogen-bond donors (Lipinski definition) is 2. The molecule has 1 saturated carbocycles. The molecule has 0 saturated heterocycles. The summed E-state index contributed by atoms with van der Waals surface area (Å²) in [5.74, 6) is 2.96. The largest absolute Gasteiger partial charge is 0.493 e. The number of nitrogens with two attached hydrogens (primary N) is 1. The van der Waals surface area contributed by atoms with Crippen LogP contribution in [-0.2, 0) is 21.5 Å². The molecule has 1 unspecified atom stereocenters. The molecule has 6 nitrogen and oxygen atoms in total. The molecule has 0 spiro atoms. The normalized spacial score (nSPS) is 14.1. The predicted molar refractivity (Wildman–Crippen MR) is 171 cm³/mol. The standard InChI is InChI=1S/C36H50FN3O3/c1-4-11-29(17-22-40(21-5-2)35(42)16-10-15-34(38)41)27-43-33-25-30(24-32(37)26-33)12-7-8-20-39-36(18-19-36)31-14-9-13-28(6-3)23-31/h3,9,13-14,23-26,29,39H,4-5,7-8,10-12,15-22,27H2,1-2H3,(H2,38,41). The lowest BCUT2D eigenvalue weighted by Gasteiger charge is -2.25. The first-order valence-corrected chi connectivity index (χ1v) is 16.1. The Bertz CT molecular complexity index is 1220. The van der Waals surface area contributed by atoms with E-state index in [-0.39, 0.29) is 35.5 Å². The maximum atomic E-state index is 14.5. The third-order valence-electron chi connectivity index (χ3n) is 8.27. The van der Waals surface area contributed by atoms with Crippen molar-refractivity contribution in [3.05, 3.63) is 65.0 Å². The Balaban J connectivity index is 1.45. The van der Waals surface area contributed by atoms with E-state index in [2.05, 4.69) is 37.2 Å². The molecule has 0 bridgehead atoms. The van der Waals surface area contributed by atoms with E-state index in [1.165, 1.54) is 11.6 Å². The second-order valence-electron chi connectivity index (χ2n) is 11.9. The number of benzene rings is 2. The van der Waals surface area contributed by atoms with Crippen molar-refractivity contribution in [3.63, 3.8) is 0 Å². The minimum Gasteiger partial charge on any atom is -0.493 e. The van der Waals surface area contributed by atoms with Crippen molar-refractivity contribution in [3.8, 4) is 18.1 Å². The van der Waals surface area contributed by atoms with Crippen LogP contribution in [0.1, 0.15) is 101 Å². The van der Waals surface area contributed by atoms with Gasteiger partial charge in [0.15, 0.2) is 0 Å². The SMILES string of the molecule is C#Cc1cccc(C2(NCCCCc3cc(F)cc(OCC(CCC)CCN(CCC)C(=O)CCCC(N)=O)c3)CC2)c1. The van der Waals surface area contributed by atoms with E-state index < -0.39 is 0 Å². The highest BCUT2D eigenvalue weighted by Crippen LogP contribution is 2.45. The van der Waals surface area contributed by atoms with Gasteiger partial charge in [0.05, 0.1) is 6.61 Å². The summed E-state index contributed by atoms with van der Waals surface area (Å²) in [5.41, 5.74) is 8.39. The summed E-state index contributed by atoms with van der Waals surface area (Å²) < 4.78 is 20.6. The fraction of sp³-hybridized carbons (Fsp3) is 0.556. The Morgan fingerprint density at radius 2 is 1.88 bits per heavy atom. The number of rotatable bonds is 21. The van der Waals surface area contributed by atoms with Crippen molar-refractivity contribution in [2.45, 2.75) is 96.4 Å². The number of halogens is 1. The number of unbranched alkanes of at least 4 members (excludes halogenated alkanes) is 1. The van der Waals surface area contributed by atoms with E-state index >= 15 is 0 Å². The molecule has 43 heavy (non-hydrogen) atoms. The molecule has 3 N–H and O–H groups in total. The number of carbonyl (C=O) groups excluding carboxylic acids is 2. The van der Waals surface area contributed by atoms with Gasteiger partial charge in [-0.05, 0) is 106 Å². The van der Waals surface area contributed by atoms with Crippen molar-refractivity contribution >= 4 is 11.8 Å². The monoisotopic (exact) mass is 591 g/mol. The molecule has 0 radical (unpaired) electrons. The summed E-state index contributed by atoms with van der Waals surface area (Å²) in [4.78, 5) is 25.6. The van der Waals surface area contributed by atoms with Gasteiger partial charge in [0, 0.05) is 43.1 Å². The van der Waals surface area contributed by atoms with Crippen LogP contribution in [0.3, 0.4) is 0 Å². The van der Waals surface area contributed by atoms with Gasteiger partial charge in [-0.3, -0.25) is 9.59 Å². The van der Waals surface area contributed by atoms with Crippen LogP contribution in [0.2, 0.25) is 0 Å². The highest BCUT2D eigenvalue weighted by atomic mass is 19.1. The molecule has 0 aliphatic heterocycles. The van der Waals surface area contributed by atoms with Gasteiger partial charge in [0.2, 0.25) is 11.8 Å². The molecule has 1 aliphatic carbocycles. The third kappa shape index (κ3) is 11.7. The molecule has 2 aromatic rings. The number of primary amides is 1. The number of aryl methyl sites for hydroxylation is 1. The van der Waals surface area contributed by atoms with E-state index in [0.29, 0.717) is 38.3 Å². The molecular formula is C36H50FN3O3. The Morgan fingerprint density at radius 3 is 2.58 bits per heavy atom. The zero-order chi connectivity index (χ0) is 31.1. The molecule has 234 valence electrons. The maximum Gasteiger partial charge on any atom is 0.222 e. The van der Waals surface area contributed by atoms with Crippen LogP contribution < -0.4 is 15.8 Å². The van der Waals surface area contributed by atoms with Gasteiger partial charge in [-0.2, -0.15) is 0 Å². The molecule has 3 rings (SSSR count). The van der Waals surface area contributed by atoms with E-state index in [4.69, 9.17) is 16.9 Å². The zero-order valence-electron chi connectivity index (χ0n) is 26.1. The lowest BCUT2D eigenvalue weighted by molar-refractivity contribution is -0.131. The van der Waals surface area contributed by atoms with Gasteiger partial charge in [0.1, 0.15) is 11.6 Å². The van der Waals surface area contributed by atoms with Crippen LogP contribution in [0.4, 0.5) is 4.39 Å². The lowest BCUT2D eigenvalue weighted by atomic mass is 10.00. The Morgan fingerprint density at radius 1 is 1.07 bits per heavy atom. The Hall–Kier alpha value is -3.37. The molecule has 2 amide bonds. The van der Waals surface area contributed by atoms with Crippen LogP contribution in [-0.4, -0.2) is 43.0 Å². The highest BCUT2D eigenvalue weighted by molar-refractivity contribution is 5.78. The summed E-state index contributed by atoms with van der Waals surface area (Å²) in [7, 11) is 0. The van der Waals surface area contributed by atoms with E-state index in [1.807, 2.05) is 23.1 Å². The van der Waals surface area contributed by atoms with Crippen LogP contribution in [0, 0.1) is 24.1 Å². The summed E-state index contributed by atoms with van der Waals surface area (Å²) in [6.45, 7) is 6.92. The average Bonchev–Trinajstić information content (AvgIpc) is 3.78. The minimum absolute atomic E-state index is 0.0491. The number of amides is 2. The number of carbonyl (C=O) groups is 2. The van der Waals surface area contributed by atoms with E-state index in [9.17, 15) is 14.0 Å². The molecular weight excluding hydrogens is 541 g/mol. The van der Waals surface area contributed by atoms with Gasteiger partial charge in [0.25, 0.3) is 0 Å². The lowest BCUT2D eigenvalue weighted by Crippen LogP contribution is -2.34. The van der Waals surface area contributed by atoms with E-state index in [0.717, 1.165) is 75.5 Å². The van der Waals surface area contributed by atoms with Crippen molar-refractivity contribution in [1.82, 2.24) is 10.2 Å². The van der Waals surface area contributed by atoms with Crippen LogP contribution in [0.15, 0.2) is 42.5 Å². The fourth-order valence-corrected chi connectivity index (χ4v) is 5.70. The Kier molecular flexibility index (Phi) is 14.0. The van der Waals surface area contributed by atoms with E-state index in [1.54, 1.807) is 6.07 Å². The molecule has 0 heterocycles. The first kappa shape index (κ1) is 34.1. The first-order valence-electron chi connectivity index (χ1n) is 16.1. The van der Waals surface area contributed by atoms with Gasteiger partial charge >= 0.3 is 0 Å². The van der Waals surface area contributed by atoms with Crippen molar-refractivity contribution < 1.29 is 18.7 Å². The van der Waals surface area contributed by atoms with Gasteiger partial charge in [-0.1, -0.05) is 38.3 Å². The number of terminal acetylenes is 1. The highest BCUT2D eigenvalue weighted by Gasteiger charge is 2.43. The second kappa shape index (κ2) is 17.7. The molecule has 7 heteroatoms. The van der Waals surface area contributed by atoms with Gasteiger partial charge < -0.3 is 20.7 Å². The maximum absolute atomic E-state index is 14.5. The molecule has 1 atom stereocenters. The van der Waals surface area contributed by atoms with Crippen LogP contribution in [0.5, 0.6) is 5.75 Å². The molecule has 0 aromatic heterocycles. The van der Waals surface area contributed by atoms with Gasteiger partial charge in [-0.15, -0.1) is 6.42 Å². The van der Waals surface area contributed by atoms with Crippen molar-refractivity contribution in [2.24, 2.45) is 11.7 Å². The second-order valence-corrected chi connectivity index (χ2v) is 11.9. The predicted octanol–water partition coefficient (Wildman–Crippen LogP) is 6.49. The number of nitrogens with zero attached hydrogens (tertiary/aromatic N) is 1.